The number of nitrogens with zero attached hydrogens (tertiary/aromatic N) is 1. The standard InChI is InChI=1S/C17H17F3N2OS/c1-10-5-4-6-11(2)15(10)22-16(23)12(3)24-14-8-7-13(9-21-14)17(18,19)20/h4-9,12H,1-3H3,(H,22,23). The molecule has 1 unspecified atom stereocenters. The number of anilines is 1. The minimum absolute atomic E-state index is 0.223. The number of hydrogen-bond donors (Lipinski definition) is 1. The number of pyridine rings is 1. The third-order valence-electron chi connectivity index (χ3n) is 3.46. The average Bonchev–Trinajstić information content (AvgIpc) is 2.50. The smallest absolute Gasteiger partial charge is 0.325 e. The van der Waals surface area contributed by atoms with Crippen LogP contribution < -0.4 is 5.32 Å². The van der Waals surface area contributed by atoms with Gasteiger partial charge in [0.25, 0.3) is 0 Å². The molecule has 0 aliphatic rings. The number of amides is 1. The molecule has 24 heavy (non-hydrogen) atoms. The highest BCUT2D eigenvalue weighted by molar-refractivity contribution is 8.00. The number of aryl methyl sites for hydroxylation is 2. The van der Waals surface area contributed by atoms with Gasteiger partial charge in [0.1, 0.15) is 0 Å². The zero-order valence-corrected chi connectivity index (χ0v) is 14.3. The fourth-order valence-corrected chi connectivity index (χ4v) is 2.88. The maximum absolute atomic E-state index is 12.5. The van der Waals surface area contributed by atoms with Crippen molar-refractivity contribution in [2.24, 2.45) is 0 Å². The highest BCUT2D eigenvalue weighted by Crippen LogP contribution is 2.30. The van der Waals surface area contributed by atoms with Crippen molar-refractivity contribution in [1.82, 2.24) is 4.98 Å². The minimum atomic E-state index is -4.42. The van der Waals surface area contributed by atoms with E-state index in [-0.39, 0.29) is 5.91 Å². The summed E-state index contributed by atoms with van der Waals surface area (Å²) in [7, 11) is 0. The predicted molar refractivity (Wildman–Crippen MR) is 89.1 cm³/mol. The van der Waals surface area contributed by atoms with Crippen molar-refractivity contribution in [2.45, 2.75) is 37.2 Å². The molecule has 128 valence electrons. The van der Waals surface area contributed by atoms with Gasteiger partial charge in [0.05, 0.1) is 15.8 Å². The number of thioether (sulfide) groups is 1. The van der Waals surface area contributed by atoms with E-state index in [1.54, 1.807) is 6.92 Å². The molecule has 1 amide bonds. The third-order valence-corrected chi connectivity index (χ3v) is 4.51. The van der Waals surface area contributed by atoms with E-state index in [0.29, 0.717) is 5.03 Å². The largest absolute Gasteiger partial charge is 0.417 e. The molecule has 0 saturated carbocycles. The van der Waals surface area contributed by atoms with Crippen LogP contribution in [0.5, 0.6) is 0 Å². The van der Waals surface area contributed by atoms with Gasteiger partial charge in [-0.15, -0.1) is 0 Å². The molecule has 1 N–H and O–H groups in total. The Hall–Kier alpha value is -2.02. The fourth-order valence-electron chi connectivity index (χ4n) is 2.09. The summed E-state index contributed by atoms with van der Waals surface area (Å²) in [5.74, 6) is -0.223. The number of aromatic nitrogens is 1. The molecule has 0 radical (unpaired) electrons. The SMILES string of the molecule is Cc1cccc(C)c1NC(=O)C(C)Sc1ccc(C(F)(F)F)cn1. The van der Waals surface area contributed by atoms with Crippen molar-refractivity contribution in [2.75, 3.05) is 5.32 Å². The van der Waals surface area contributed by atoms with E-state index < -0.39 is 17.0 Å². The van der Waals surface area contributed by atoms with Crippen molar-refractivity contribution >= 4 is 23.4 Å². The number of nitrogens with one attached hydrogen (secondary N) is 1. The summed E-state index contributed by atoms with van der Waals surface area (Å²) in [5.41, 5.74) is 1.86. The lowest BCUT2D eigenvalue weighted by atomic mass is 10.1. The maximum atomic E-state index is 12.5. The molecular weight excluding hydrogens is 337 g/mol. The molecule has 0 spiro atoms. The quantitative estimate of drug-likeness (QED) is 0.799. The molecular formula is C17H17F3N2OS. The van der Waals surface area contributed by atoms with Crippen LogP contribution in [0, 0.1) is 13.8 Å². The van der Waals surface area contributed by atoms with Crippen molar-refractivity contribution in [3.05, 3.63) is 53.2 Å². The summed E-state index contributed by atoms with van der Waals surface area (Å²) in [5, 5.41) is 2.74. The summed E-state index contributed by atoms with van der Waals surface area (Å²) in [6.07, 6.45) is -3.64. The Bertz CT molecular complexity index is 709. The van der Waals surface area contributed by atoms with Crippen molar-refractivity contribution in [1.29, 1.82) is 0 Å². The van der Waals surface area contributed by atoms with Crippen LogP contribution in [-0.2, 0) is 11.0 Å². The molecule has 3 nitrogen and oxygen atoms in total. The highest BCUT2D eigenvalue weighted by atomic mass is 32.2. The summed E-state index contributed by atoms with van der Waals surface area (Å²) in [6, 6.07) is 7.95. The summed E-state index contributed by atoms with van der Waals surface area (Å²) in [4.78, 5) is 16.1. The van der Waals surface area contributed by atoms with Crippen molar-refractivity contribution < 1.29 is 18.0 Å². The zero-order chi connectivity index (χ0) is 17.9. The van der Waals surface area contributed by atoms with Gasteiger partial charge in [-0.05, 0) is 44.0 Å². The van der Waals surface area contributed by atoms with E-state index in [1.165, 1.54) is 6.07 Å². The van der Waals surface area contributed by atoms with Gasteiger partial charge in [-0.3, -0.25) is 4.79 Å². The molecule has 7 heteroatoms. The lowest BCUT2D eigenvalue weighted by Gasteiger charge is -2.15. The van der Waals surface area contributed by atoms with Gasteiger partial charge in [-0.2, -0.15) is 13.2 Å². The molecule has 0 bridgehead atoms. The number of para-hydroxylation sites is 1. The van der Waals surface area contributed by atoms with E-state index in [4.69, 9.17) is 0 Å². The van der Waals surface area contributed by atoms with E-state index in [2.05, 4.69) is 10.3 Å². The van der Waals surface area contributed by atoms with Gasteiger partial charge in [0.2, 0.25) is 5.91 Å². The Morgan fingerprint density at radius 1 is 1.17 bits per heavy atom. The lowest BCUT2D eigenvalue weighted by Crippen LogP contribution is -2.23. The maximum Gasteiger partial charge on any atom is 0.417 e. The molecule has 0 saturated heterocycles. The lowest BCUT2D eigenvalue weighted by molar-refractivity contribution is -0.137. The topological polar surface area (TPSA) is 42.0 Å². The second-order valence-corrected chi connectivity index (χ2v) is 6.76. The number of carbonyl (C=O) groups excluding carboxylic acids is 1. The second-order valence-electron chi connectivity index (χ2n) is 5.40. The molecule has 0 aliphatic heterocycles. The van der Waals surface area contributed by atoms with Crippen LogP contribution in [0.25, 0.3) is 0 Å². The van der Waals surface area contributed by atoms with Crippen molar-refractivity contribution in [3.63, 3.8) is 0 Å². The molecule has 1 heterocycles. The highest BCUT2D eigenvalue weighted by Gasteiger charge is 2.30. The number of hydrogen-bond acceptors (Lipinski definition) is 3. The molecule has 1 aromatic carbocycles. The van der Waals surface area contributed by atoms with E-state index in [1.807, 2.05) is 32.0 Å². The van der Waals surface area contributed by atoms with Crippen LogP contribution in [0.3, 0.4) is 0 Å². The first kappa shape index (κ1) is 18.3. The summed E-state index contributed by atoms with van der Waals surface area (Å²) < 4.78 is 37.6. The van der Waals surface area contributed by atoms with Gasteiger partial charge in [0.15, 0.2) is 0 Å². The third kappa shape index (κ3) is 4.50. The monoisotopic (exact) mass is 354 g/mol. The first-order chi connectivity index (χ1) is 11.2. The average molecular weight is 354 g/mol. The van der Waals surface area contributed by atoms with Crippen LogP contribution in [0.15, 0.2) is 41.6 Å². The van der Waals surface area contributed by atoms with Crippen molar-refractivity contribution in [3.8, 4) is 0 Å². The zero-order valence-electron chi connectivity index (χ0n) is 13.4. The Labute approximate surface area is 142 Å². The second kappa shape index (κ2) is 7.25. The van der Waals surface area contributed by atoms with E-state index in [9.17, 15) is 18.0 Å². The van der Waals surface area contributed by atoms with Crippen LogP contribution >= 0.6 is 11.8 Å². The Kier molecular flexibility index (Phi) is 5.54. The Balaban J connectivity index is 2.04. The number of rotatable bonds is 4. The number of alkyl halides is 3. The molecule has 2 aromatic rings. The first-order valence-electron chi connectivity index (χ1n) is 7.25. The van der Waals surface area contributed by atoms with Gasteiger partial charge in [-0.25, -0.2) is 4.98 Å². The van der Waals surface area contributed by atoms with Crippen LogP contribution in [0.1, 0.15) is 23.6 Å². The van der Waals surface area contributed by atoms with Gasteiger partial charge in [0, 0.05) is 11.9 Å². The normalized spacial score (nSPS) is 12.8. The fraction of sp³-hybridized carbons (Fsp3) is 0.294. The summed E-state index contributed by atoms with van der Waals surface area (Å²) in [6.45, 7) is 5.49. The van der Waals surface area contributed by atoms with Crippen LogP contribution in [-0.4, -0.2) is 16.1 Å². The minimum Gasteiger partial charge on any atom is -0.325 e. The van der Waals surface area contributed by atoms with Gasteiger partial charge >= 0.3 is 6.18 Å². The number of benzene rings is 1. The van der Waals surface area contributed by atoms with E-state index in [0.717, 1.165) is 40.8 Å². The predicted octanol–water partition coefficient (Wildman–Crippen LogP) is 4.84. The number of carbonyl (C=O) groups is 1. The van der Waals surface area contributed by atoms with Crippen LogP contribution in [0.4, 0.5) is 18.9 Å². The first-order valence-corrected chi connectivity index (χ1v) is 8.13. The molecule has 2 rings (SSSR count). The van der Waals surface area contributed by atoms with E-state index >= 15 is 0 Å². The van der Waals surface area contributed by atoms with Gasteiger partial charge in [-0.1, -0.05) is 30.0 Å². The summed E-state index contributed by atoms with van der Waals surface area (Å²) >= 11 is 1.11. The number of halogens is 3. The Morgan fingerprint density at radius 3 is 2.29 bits per heavy atom. The van der Waals surface area contributed by atoms with Gasteiger partial charge < -0.3 is 5.32 Å². The molecule has 1 atom stereocenters. The molecule has 1 aromatic heterocycles. The molecule has 0 fully saturated rings. The molecule has 0 aliphatic carbocycles. The Morgan fingerprint density at radius 2 is 1.79 bits per heavy atom. The van der Waals surface area contributed by atoms with Crippen LogP contribution in [0.2, 0.25) is 0 Å².